The number of benzene rings is 1. The highest BCUT2D eigenvalue weighted by Crippen LogP contribution is 2.28. The smallest absolute Gasteiger partial charge is 0.118 e. The molecule has 2 aromatic rings. The van der Waals surface area contributed by atoms with E-state index in [1.807, 2.05) is 24.3 Å². The molecule has 0 aliphatic carbocycles. The lowest BCUT2D eigenvalue weighted by Gasteiger charge is -2.07. The lowest BCUT2D eigenvalue weighted by molar-refractivity contribution is 0.415. The van der Waals surface area contributed by atoms with Gasteiger partial charge >= 0.3 is 0 Å². The third-order valence-electron chi connectivity index (χ3n) is 2.39. The maximum absolute atomic E-state index is 5.87. The van der Waals surface area contributed by atoms with Gasteiger partial charge in [0.1, 0.15) is 5.75 Å². The Bertz CT molecular complexity index is 494. The molecule has 0 fully saturated rings. The molecule has 0 radical (unpaired) electrons. The first-order chi connectivity index (χ1) is 7.72. The Balaban J connectivity index is 2.46. The third-order valence-corrected chi connectivity index (χ3v) is 2.39. The number of ether oxygens (including phenoxy) is 1. The summed E-state index contributed by atoms with van der Waals surface area (Å²) in [5.41, 5.74) is 14.3. The summed E-state index contributed by atoms with van der Waals surface area (Å²) in [7, 11) is 1.63. The first kappa shape index (κ1) is 10.3. The SMILES string of the molecule is COc1ccc(-c2nccc(N)c2N)cc1. The van der Waals surface area contributed by atoms with E-state index in [-0.39, 0.29) is 0 Å². The zero-order chi connectivity index (χ0) is 11.5. The topological polar surface area (TPSA) is 74.2 Å². The van der Waals surface area contributed by atoms with Crippen molar-refractivity contribution in [3.05, 3.63) is 36.5 Å². The van der Waals surface area contributed by atoms with Crippen LogP contribution in [0.4, 0.5) is 11.4 Å². The number of hydrogen-bond acceptors (Lipinski definition) is 4. The van der Waals surface area contributed by atoms with Crippen LogP contribution in [0.5, 0.6) is 5.75 Å². The van der Waals surface area contributed by atoms with Crippen LogP contribution in [0.3, 0.4) is 0 Å². The molecule has 0 saturated heterocycles. The molecule has 82 valence electrons. The maximum Gasteiger partial charge on any atom is 0.118 e. The molecule has 1 heterocycles. The molecular formula is C12H13N3O. The molecule has 4 heteroatoms. The van der Waals surface area contributed by atoms with Crippen LogP contribution in [0.1, 0.15) is 0 Å². The van der Waals surface area contributed by atoms with Gasteiger partial charge in [-0.1, -0.05) is 0 Å². The summed E-state index contributed by atoms with van der Waals surface area (Å²) in [6.07, 6.45) is 1.64. The monoisotopic (exact) mass is 215 g/mol. The number of methoxy groups -OCH3 is 1. The van der Waals surface area contributed by atoms with Crippen molar-refractivity contribution in [2.45, 2.75) is 0 Å². The summed E-state index contributed by atoms with van der Waals surface area (Å²) in [6.45, 7) is 0. The second-order valence-corrected chi connectivity index (χ2v) is 3.39. The molecule has 0 spiro atoms. The van der Waals surface area contributed by atoms with Crippen LogP contribution in [0.15, 0.2) is 36.5 Å². The molecule has 0 bridgehead atoms. The van der Waals surface area contributed by atoms with Gasteiger partial charge in [-0.25, -0.2) is 0 Å². The normalized spacial score (nSPS) is 10.1. The van der Waals surface area contributed by atoms with Crippen molar-refractivity contribution in [3.63, 3.8) is 0 Å². The van der Waals surface area contributed by atoms with Gasteiger partial charge in [0.15, 0.2) is 0 Å². The van der Waals surface area contributed by atoms with E-state index < -0.39 is 0 Å². The summed E-state index contributed by atoms with van der Waals surface area (Å²) in [5.74, 6) is 0.797. The molecule has 1 aromatic carbocycles. The summed E-state index contributed by atoms with van der Waals surface area (Å²) in [5, 5.41) is 0. The molecule has 1 aromatic heterocycles. The van der Waals surface area contributed by atoms with Crippen molar-refractivity contribution < 1.29 is 4.74 Å². The van der Waals surface area contributed by atoms with Crippen LogP contribution in [-0.2, 0) is 0 Å². The first-order valence-corrected chi connectivity index (χ1v) is 4.86. The van der Waals surface area contributed by atoms with Gasteiger partial charge in [0.05, 0.1) is 24.2 Å². The summed E-state index contributed by atoms with van der Waals surface area (Å²) >= 11 is 0. The Kier molecular flexibility index (Phi) is 2.64. The number of hydrogen-bond donors (Lipinski definition) is 2. The summed E-state index contributed by atoms with van der Waals surface area (Å²) < 4.78 is 5.08. The quantitative estimate of drug-likeness (QED) is 0.802. The highest BCUT2D eigenvalue weighted by Gasteiger charge is 2.06. The minimum Gasteiger partial charge on any atom is -0.497 e. The van der Waals surface area contributed by atoms with Gasteiger partial charge in [-0.2, -0.15) is 0 Å². The molecule has 4 N–H and O–H groups in total. The number of pyridine rings is 1. The fourth-order valence-corrected chi connectivity index (χ4v) is 1.47. The lowest BCUT2D eigenvalue weighted by atomic mass is 10.1. The molecule has 0 atom stereocenters. The third kappa shape index (κ3) is 1.77. The Morgan fingerprint density at radius 3 is 2.38 bits per heavy atom. The summed E-state index contributed by atoms with van der Waals surface area (Å²) in [4.78, 5) is 4.22. The molecule has 16 heavy (non-hydrogen) atoms. The van der Waals surface area contributed by atoms with Crippen molar-refractivity contribution in [2.24, 2.45) is 0 Å². The molecule has 0 aliphatic heterocycles. The second-order valence-electron chi connectivity index (χ2n) is 3.39. The lowest BCUT2D eigenvalue weighted by Crippen LogP contribution is -1.98. The van der Waals surface area contributed by atoms with Crippen LogP contribution in [0.25, 0.3) is 11.3 Å². The predicted molar refractivity (Wildman–Crippen MR) is 65.0 cm³/mol. The van der Waals surface area contributed by atoms with Gasteiger partial charge in [0, 0.05) is 11.8 Å². The van der Waals surface area contributed by atoms with Crippen molar-refractivity contribution >= 4 is 11.4 Å². The number of nitrogen functional groups attached to an aromatic ring is 2. The van der Waals surface area contributed by atoms with E-state index in [1.165, 1.54) is 0 Å². The molecule has 2 rings (SSSR count). The molecule has 0 aliphatic rings. The minimum absolute atomic E-state index is 0.507. The van der Waals surface area contributed by atoms with E-state index in [1.54, 1.807) is 19.4 Å². The molecule has 4 nitrogen and oxygen atoms in total. The Hall–Kier alpha value is -2.23. The minimum atomic E-state index is 0.507. The van der Waals surface area contributed by atoms with Gasteiger partial charge in [0.2, 0.25) is 0 Å². The standard InChI is InChI=1S/C12H13N3O/c1-16-9-4-2-8(3-5-9)12-11(14)10(13)6-7-15-12/h2-7H,14H2,1H3,(H2,13,15). The number of anilines is 2. The van der Waals surface area contributed by atoms with Gasteiger partial charge in [-0.3, -0.25) is 4.98 Å². The zero-order valence-electron chi connectivity index (χ0n) is 8.97. The average molecular weight is 215 g/mol. The van der Waals surface area contributed by atoms with E-state index in [0.29, 0.717) is 17.1 Å². The van der Waals surface area contributed by atoms with Crippen molar-refractivity contribution in [2.75, 3.05) is 18.6 Å². The molecule has 0 unspecified atom stereocenters. The Morgan fingerprint density at radius 2 is 1.75 bits per heavy atom. The van der Waals surface area contributed by atoms with Crippen LogP contribution in [0.2, 0.25) is 0 Å². The number of aromatic nitrogens is 1. The first-order valence-electron chi connectivity index (χ1n) is 4.86. The van der Waals surface area contributed by atoms with Crippen LogP contribution < -0.4 is 16.2 Å². The fraction of sp³-hybridized carbons (Fsp3) is 0.0833. The highest BCUT2D eigenvalue weighted by atomic mass is 16.5. The van der Waals surface area contributed by atoms with E-state index in [9.17, 15) is 0 Å². The zero-order valence-corrected chi connectivity index (χ0v) is 8.97. The van der Waals surface area contributed by atoms with Crippen LogP contribution in [-0.4, -0.2) is 12.1 Å². The van der Waals surface area contributed by atoms with Crippen molar-refractivity contribution in [3.8, 4) is 17.0 Å². The predicted octanol–water partition coefficient (Wildman–Crippen LogP) is 1.92. The fourth-order valence-electron chi connectivity index (χ4n) is 1.47. The van der Waals surface area contributed by atoms with Gasteiger partial charge in [-0.05, 0) is 30.3 Å². The van der Waals surface area contributed by atoms with E-state index in [0.717, 1.165) is 11.3 Å². The highest BCUT2D eigenvalue weighted by molar-refractivity contribution is 5.81. The average Bonchev–Trinajstić information content (AvgIpc) is 2.33. The Morgan fingerprint density at radius 1 is 1.06 bits per heavy atom. The number of rotatable bonds is 2. The van der Waals surface area contributed by atoms with E-state index >= 15 is 0 Å². The largest absolute Gasteiger partial charge is 0.497 e. The molecule has 0 amide bonds. The van der Waals surface area contributed by atoms with Crippen molar-refractivity contribution in [1.29, 1.82) is 0 Å². The van der Waals surface area contributed by atoms with Gasteiger partial charge in [-0.15, -0.1) is 0 Å². The van der Waals surface area contributed by atoms with Crippen molar-refractivity contribution in [1.82, 2.24) is 4.98 Å². The maximum atomic E-state index is 5.87. The van der Waals surface area contributed by atoms with Gasteiger partial charge < -0.3 is 16.2 Å². The van der Waals surface area contributed by atoms with Gasteiger partial charge in [0.25, 0.3) is 0 Å². The summed E-state index contributed by atoms with van der Waals surface area (Å²) in [6, 6.07) is 9.20. The van der Waals surface area contributed by atoms with E-state index in [4.69, 9.17) is 16.2 Å². The van der Waals surface area contributed by atoms with Crippen LogP contribution >= 0.6 is 0 Å². The Labute approximate surface area is 93.9 Å². The molecule has 0 saturated carbocycles. The molecular weight excluding hydrogens is 202 g/mol. The van der Waals surface area contributed by atoms with Crippen LogP contribution in [0, 0.1) is 0 Å². The number of nitrogens with two attached hydrogens (primary N) is 2. The van der Waals surface area contributed by atoms with E-state index in [2.05, 4.69) is 4.98 Å². The number of nitrogens with zero attached hydrogens (tertiary/aromatic N) is 1. The second kappa shape index (κ2) is 4.10.